The Morgan fingerprint density at radius 3 is 3.06 bits per heavy atom. The van der Waals surface area contributed by atoms with E-state index in [9.17, 15) is 5.11 Å². The fourth-order valence-corrected chi connectivity index (χ4v) is 2.66. The van der Waals surface area contributed by atoms with Crippen molar-refractivity contribution in [1.29, 1.82) is 0 Å². The van der Waals surface area contributed by atoms with Crippen LogP contribution in [0.3, 0.4) is 0 Å². The van der Waals surface area contributed by atoms with E-state index in [1.54, 1.807) is 7.11 Å². The Bertz CT molecular complexity index is 212. The normalized spacial score (nSPS) is 37.5. The maximum absolute atomic E-state index is 9.88. The second-order valence-corrected chi connectivity index (χ2v) is 4.95. The highest BCUT2D eigenvalue weighted by Crippen LogP contribution is 2.19. The minimum atomic E-state index is -0.184. The van der Waals surface area contributed by atoms with E-state index in [0.717, 1.165) is 32.5 Å². The molecule has 4 heteroatoms. The molecule has 0 aromatic rings. The van der Waals surface area contributed by atoms with E-state index in [-0.39, 0.29) is 12.0 Å². The molecule has 2 saturated heterocycles. The Morgan fingerprint density at radius 2 is 2.31 bits per heavy atom. The summed E-state index contributed by atoms with van der Waals surface area (Å²) in [6.45, 7) is 4.48. The van der Waals surface area contributed by atoms with E-state index >= 15 is 0 Å². The quantitative estimate of drug-likeness (QED) is 0.765. The van der Waals surface area contributed by atoms with E-state index in [2.05, 4.69) is 4.90 Å². The average molecular weight is 229 g/mol. The molecule has 0 aromatic heterocycles. The van der Waals surface area contributed by atoms with Crippen LogP contribution in [-0.4, -0.2) is 62.2 Å². The summed E-state index contributed by atoms with van der Waals surface area (Å²) in [5.41, 5.74) is 0. The second-order valence-electron chi connectivity index (χ2n) is 4.95. The van der Waals surface area contributed by atoms with Crippen molar-refractivity contribution in [3.63, 3.8) is 0 Å². The highest BCUT2D eigenvalue weighted by molar-refractivity contribution is 4.80. The van der Waals surface area contributed by atoms with Crippen LogP contribution in [0.2, 0.25) is 0 Å². The number of methoxy groups -OCH3 is 1. The van der Waals surface area contributed by atoms with Crippen LogP contribution in [0.4, 0.5) is 0 Å². The van der Waals surface area contributed by atoms with Gasteiger partial charge in [0.05, 0.1) is 18.8 Å². The molecular weight excluding hydrogens is 206 g/mol. The highest BCUT2D eigenvalue weighted by atomic mass is 16.5. The summed E-state index contributed by atoms with van der Waals surface area (Å²) >= 11 is 0. The van der Waals surface area contributed by atoms with Gasteiger partial charge in [0.1, 0.15) is 0 Å². The molecule has 2 aliphatic rings. The van der Waals surface area contributed by atoms with Crippen LogP contribution in [0.15, 0.2) is 0 Å². The molecule has 4 nitrogen and oxygen atoms in total. The maximum atomic E-state index is 9.88. The van der Waals surface area contributed by atoms with Crippen molar-refractivity contribution in [2.75, 3.05) is 40.0 Å². The Morgan fingerprint density at radius 1 is 1.44 bits per heavy atom. The molecule has 0 radical (unpaired) electrons. The van der Waals surface area contributed by atoms with Gasteiger partial charge in [-0.25, -0.2) is 0 Å². The molecule has 0 bridgehead atoms. The van der Waals surface area contributed by atoms with Crippen molar-refractivity contribution in [3.8, 4) is 0 Å². The first-order valence-electron chi connectivity index (χ1n) is 6.30. The van der Waals surface area contributed by atoms with Crippen LogP contribution in [-0.2, 0) is 9.47 Å². The van der Waals surface area contributed by atoms with Gasteiger partial charge in [0.2, 0.25) is 0 Å². The largest absolute Gasteiger partial charge is 0.393 e. The van der Waals surface area contributed by atoms with Gasteiger partial charge in [-0.1, -0.05) is 0 Å². The van der Waals surface area contributed by atoms with Crippen LogP contribution < -0.4 is 0 Å². The number of ether oxygens (including phenoxy) is 2. The monoisotopic (exact) mass is 229 g/mol. The lowest BCUT2D eigenvalue weighted by molar-refractivity contribution is -0.0561. The Labute approximate surface area is 97.5 Å². The van der Waals surface area contributed by atoms with Gasteiger partial charge in [0, 0.05) is 32.7 Å². The maximum Gasteiger partial charge on any atom is 0.0698 e. The van der Waals surface area contributed by atoms with Crippen LogP contribution in [0, 0.1) is 5.92 Å². The van der Waals surface area contributed by atoms with E-state index < -0.39 is 0 Å². The number of aliphatic hydroxyl groups excluding tert-OH is 1. The summed E-state index contributed by atoms with van der Waals surface area (Å²) in [4.78, 5) is 2.40. The third kappa shape index (κ3) is 3.17. The molecule has 2 fully saturated rings. The van der Waals surface area contributed by atoms with Crippen LogP contribution in [0.1, 0.15) is 19.3 Å². The summed E-state index contributed by atoms with van der Waals surface area (Å²) in [6.07, 6.45) is 3.33. The zero-order valence-corrected chi connectivity index (χ0v) is 10.1. The number of rotatable bonds is 3. The summed E-state index contributed by atoms with van der Waals surface area (Å²) < 4.78 is 10.8. The van der Waals surface area contributed by atoms with Crippen molar-refractivity contribution >= 4 is 0 Å². The molecule has 0 aliphatic carbocycles. The van der Waals surface area contributed by atoms with Crippen LogP contribution >= 0.6 is 0 Å². The zero-order chi connectivity index (χ0) is 11.4. The summed E-state index contributed by atoms with van der Waals surface area (Å²) in [5.74, 6) is 0.282. The molecule has 0 aromatic carbocycles. The SMILES string of the molecule is COC1CCCN(CC2COCCC2O)C1. The Balaban J connectivity index is 1.79. The van der Waals surface area contributed by atoms with Crippen LogP contribution in [0.5, 0.6) is 0 Å². The Kier molecular flexibility index (Phi) is 4.58. The molecule has 0 spiro atoms. The van der Waals surface area contributed by atoms with Crippen LogP contribution in [0.25, 0.3) is 0 Å². The first-order chi connectivity index (χ1) is 7.79. The molecule has 3 atom stereocenters. The smallest absolute Gasteiger partial charge is 0.0698 e. The van der Waals surface area contributed by atoms with Gasteiger partial charge < -0.3 is 19.5 Å². The predicted molar refractivity (Wildman–Crippen MR) is 61.4 cm³/mol. The molecule has 16 heavy (non-hydrogen) atoms. The van der Waals surface area contributed by atoms with Crippen molar-refractivity contribution in [1.82, 2.24) is 4.90 Å². The number of aliphatic hydroxyl groups is 1. The lowest BCUT2D eigenvalue weighted by Crippen LogP contribution is -2.46. The molecule has 2 heterocycles. The van der Waals surface area contributed by atoms with Crippen molar-refractivity contribution in [3.05, 3.63) is 0 Å². The number of likely N-dealkylation sites (tertiary alicyclic amines) is 1. The van der Waals surface area contributed by atoms with Crippen molar-refractivity contribution in [2.45, 2.75) is 31.5 Å². The Hall–Kier alpha value is -0.160. The van der Waals surface area contributed by atoms with Gasteiger partial charge in [-0.05, 0) is 25.8 Å². The van der Waals surface area contributed by atoms with Crippen molar-refractivity contribution in [2.24, 2.45) is 5.92 Å². The highest BCUT2D eigenvalue weighted by Gasteiger charge is 2.28. The van der Waals surface area contributed by atoms with Gasteiger partial charge in [-0.2, -0.15) is 0 Å². The van der Waals surface area contributed by atoms with Crippen molar-refractivity contribution < 1.29 is 14.6 Å². The van der Waals surface area contributed by atoms with Gasteiger partial charge in [0.25, 0.3) is 0 Å². The standard InChI is InChI=1S/C12H23NO3/c1-15-11-3-2-5-13(8-11)7-10-9-16-6-4-12(10)14/h10-12,14H,2-9H2,1H3. The van der Waals surface area contributed by atoms with Gasteiger partial charge in [-0.15, -0.1) is 0 Å². The summed E-state index contributed by atoms with van der Waals surface area (Å²) in [7, 11) is 1.78. The fraction of sp³-hybridized carbons (Fsp3) is 1.00. The third-order valence-corrected chi connectivity index (χ3v) is 3.72. The number of hydrogen-bond donors (Lipinski definition) is 1. The van der Waals surface area contributed by atoms with E-state index in [1.165, 1.54) is 6.42 Å². The van der Waals surface area contributed by atoms with Gasteiger partial charge in [0.15, 0.2) is 0 Å². The first kappa shape index (κ1) is 12.3. The van der Waals surface area contributed by atoms with Gasteiger partial charge in [-0.3, -0.25) is 0 Å². The third-order valence-electron chi connectivity index (χ3n) is 3.72. The first-order valence-corrected chi connectivity index (χ1v) is 6.30. The predicted octanol–water partition coefficient (Wildman–Crippen LogP) is 0.495. The van der Waals surface area contributed by atoms with E-state index in [0.29, 0.717) is 19.3 Å². The molecule has 1 N–H and O–H groups in total. The summed E-state index contributed by atoms with van der Waals surface area (Å²) in [5, 5.41) is 9.88. The molecule has 3 unspecified atom stereocenters. The molecule has 94 valence electrons. The number of nitrogens with zero attached hydrogens (tertiary/aromatic N) is 1. The molecule has 0 saturated carbocycles. The van der Waals surface area contributed by atoms with Gasteiger partial charge >= 0.3 is 0 Å². The number of hydrogen-bond acceptors (Lipinski definition) is 4. The minimum absolute atomic E-state index is 0.184. The fourth-order valence-electron chi connectivity index (χ4n) is 2.66. The minimum Gasteiger partial charge on any atom is -0.393 e. The lowest BCUT2D eigenvalue weighted by atomic mass is 9.97. The molecule has 0 amide bonds. The number of piperidine rings is 1. The van der Waals surface area contributed by atoms with E-state index in [4.69, 9.17) is 9.47 Å². The summed E-state index contributed by atoms with van der Waals surface area (Å²) in [6, 6.07) is 0. The zero-order valence-electron chi connectivity index (χ0n) is 10.1. The topological polar surface area (TPSA) is 41.9 Å². The lowest BCUT2D eigenvalue weighted by Gasteiger charge is -2.37. The second kappa shape index (κ2) is 5.96. The molecule has 2 rings (SSSR count). The van der Waals surface area contributed by atoms with E-state index in [1.807, 2.05) is 0 Å². The molecule has 2 aliphatic heterocycles. The average Bonchev–Trinajstić information content (AvgIpc) is 2.32. The molecular formula is C12H23NO3.